The first-order chi connectivity index (χ1) is 13.3. The molecule has 1 aromatic heterocycles. The molecule has 0 bridgehead atoms. The highest BCUT2D eigenvalue weighted by Crippen LogP contribution is 2.34. The van der Waals surface area contributed by atoms with E-state index < -0.39 is 35.5 Å². The first kappa shape index (κ1) is 19.5. The number of oxime groups is 1. The van der Waals surface area contributed by atoms with Gasteiger partial charge in [0.1, 0.15) is 25.5 Å². The topological polar surface area (TPSA) is 183 Å². The molecule has 2 aliphatic heterocycles. The summed E-state index contributed by atoms with van der Waals surface area (Å²) < 4.78 is 4.84. The number of aliphatic carboxylic acids is 1. The standard InChI is InChI=1S/C14H15N5O8S/c1-25-18-9(7-5-28-13(15)17-7)10(21)16-6-4-26-19(11(6)22)14(12(23)24)3-2-8(20)27-14/h5-6H,2-4H2,1H3,(H2,15,17)(H,16,21)(H,23,24)/t6-,14?/m0/s1. The molecule has 0 spiro atoms. The van der Waals surface area contributed by atoms with Crippen molar-refractivity contribution in [2.45, 2.75) is 24.6 Å². The number of nitrogen functional groups attached to an aromatic ring is 1. The minimum absolute atomic E-state index is 0.136. The number of carboxylic acids is 1. The molecule has 2 amide bonds. The van der Waals surface area contributed by atoms with Crippen LogP contribution in [0.25, 0.3) is 0 Å². The van der Waals surface area contributed by atoms with Crippen LogP contribution in [-0.4, -0.2) is 70.1 Å². The number of anilines is 1. The van der Waals surface area contributed by atoms with Crippen molar-refractivity contribution in [3.05, 3.63) is 11.1 Å². The van der Waals surface area contributed by atoms with Gasteiger partial charge in [0.25, 0.3) is 11.8 Å². The van der Waals surface area contributed by atoms with Gasteiger partial charge in [0.05, 0.1) is 6.42 Å². The van der Waals surface area contributed by atoms with E-state index in [-0.39, 0.29) is 36.0 Å². The number of rotatable bonds is 6. The fourth-order valence-electron chi connectivity index (χ4n) is 2.67. The molecule has 0 radical (unpaired) electrons. The lowest BCUT2D eigenvalue weighted by Gasteiger charge is -2.30. The van der Waals surface area contributed by atoms with Crippen LogP contribution < -0.4 is 11.1 Å². The number of nitrogens with two attached hydrogens (primary N) is 1. The molecule has 13 nitrogen and oxygen atoms in total. The summed E-state index contributed by atoms with van der Waals surface area (Å²) in [7, 11) is 1.22. The summed E-state index contributed by atoms with van der Waals surface area (Å²) in [5, 5.41) is 17.5. The van der Waals surface area contributed by atoms with Crippen molar-refractivity contribution < 1.29 is 38.7 Å². The van der Waals surface area contributed by atoms with E-state index in [1.165, 1.54) is 12.5 Å². The molecule has 4 N–H and O–H groups in total. The number of nitrogens with zero attached hydrogens (tertiary/aromatic N) is 3. The summed E-state index contributed by atoms with van der Waals surface area (Å²) in [4.78, 5) is 61.8. The van der Waals surface area contributed by atoms with Gasteiger partial charge in [-0.15, -0.1) is 11.3 Å². The molecular weight excluding hydrogens is 398 g/mol. The number of esters is 1. The average Bonchev–Trinajstić information content (AvgIpc) is 3.33. The highest BCUT2D eigenvalue weighted by molar-refractivity contribution is 7.13. The van der Waals surface area contributed by atoms with Crippen molar-refractivity contribution in [3.63, 3.8) is 0 Å². The van der Waals surface area contributed by atoms with Crippen LogP contribution in [0.1, 0.15) is 18.5 Å². The molecule has 0 saturated carbocycles. The van der Waals surface area contributed by atoms with E-state index in [2.05, 4.69) is 20.3 Å². The summed E-state index contributed by atoms with van der Waals surface area (Å²) in [6.07, 6.45) is -0.464. The number of carbonyl (C=O) groups is 4. The lowest BCUT2D eigenvalue weighted by Crippen LogP contribution is -2.57. The van der Waals surface area contributed by atoms with E-state index in [0.717, 1.165) is 11.3 Å². The second-order valence-electron chi connectivity index (χ2n) is 5.71. The summed E-state index contributed by atoms with van der Waals surface area (Å²) in [6, 6.07) is -1.24. The number of hydroxylamine groups is 2. The number of amides is 2. The lowest BCUT2D eigenvalue weighted by molar-refractivity contribution is -0.256. The van der Waals surface area contributed by atoms with Crippen LogP contribution in [-0.2, 0) is 33.6 Å². The Balaban J connectivity index is 1.76. The van der Waals surface area contributed by atoms with Crippen LogP contribution in [0.3, 0.4) is 0 Å². The molecule has 150 valence electrons. The van der Waals surface area contributed by atoms with Gasteiger partial charge < -0.3 is 25.7 Å². The predicted molar refractivity (Wildman–Crippen MR) is 90.5 cm³/mol. The third-order valence-corrected chi connectivity index (χ3v) is 4.62. The van der Waals surface area contributed by atoms with Crippen LogP contribution >= 0.6 is 11.3 Å². The number of carboxylic acid groups (broad SMARTS) is 1. The Labute approximate surface area is 161 Å². The molecule has 2 aliphatic rings. The molecule has 2 fully saturated rings. The zero-order chi connectivity index (χ0) is 20.5. The molecule has 28 heavy (non-hydrogen) atoms. The molecule has 1 aromatic rings. The second kappa shape index (κ2) is 7.40. The summed E-state index contributed by atoms with van der Waals surface area (Å²) in [5.41, 5.74) is 3.18. The monoisotopic (exact) mass is 413 g/mol. The van der Waals surface area contributed by atoms with Crippen LogP contribution in [0.2, 0.25) is 0 Å². The highest BCUT2D eigenvalue weighted by Gasteiger charge is 2.59. The van der Waals surface area contributed by atoms with Gasteiger partial charge in [0.15, 0.2) is 10.8 Å². The van der Waals surface area contributed by atoms with E-state index in [1.54, 1.807) is 0 Å². The largest absolute Gasteiger partial charge is 0.477 e. The van der Waals surface area contributed by atoms with Crippen LogP contribution in [0.5, 0.6) is 0 Å². The van der Waals surface area contributed by atoms with Gasteiger partial charge in [-0.2, -0.15) is 5.06 Å². The van der Waals surface area contributed by atoms with Gasteiger partial charge in [0.2, 0.25) is 0 Å². The maximum Gasteiger partial charge on any atom is 0.372 e. The first-order valence-electron chi connectivity index (χ1n) is 7.84. The molecule has 14 heteroatoms. The van der Waals surface area contributed by atoms with E-state index in [4.69, 9.17) is 15.3 Å². The molecule has 1 unspecified atom stereocenters. The molecule has 0 aromatic carbocycles. The van der Waals surface area contributed by atoms with Crippen LogP contribution in [0, 0.1) is 0 Å². The quantitative estimate of drug-likeness (QED) is 0.280. The van der Waals surface area contributed by atoms with E-state index >= 15 is 0 Å². The molecule has 2 atom stereocenters. The number of hydrogen-bond donors (Lipinski definition) is 3. The van der Waals surface area contributed by atoms with Gasteiger partial charge in [-0.3, -0.25) is 19.2 Å². The Morgan fingerprint density at radius 3 is 2.82 bits per heavy atom. The Morgan fingerprint density at radius 2 is 2.29 bits per heavy atom. The Hall–Kier alpha value is -3.26. The van der Waals surface area contributed by atoms with E-state index in [9.17, 15) is 24.3 Å². The summed E-state index contributed by atoms with van der Waals surface area (Å²) in [6.45, 7) is -0.364. The Morgan fingerprint density at radius 1 is 1.54 bits per heavy atom. The minimum Gasteiger partial charge on any atom is -0.477 e. The Bertz CT molecular complexity index is 870. The predicted octanol–water partition coefficient (Wildman–Crippen LogP) is -1.55. The van der Waals surface area contributed by atoms with Crippen molar-refractivity contribution in [1.82, 2.24) is 15.4 Å². The zero-order valence-electron chi connectivity index (χ0n) is 14.4. The third kappa shape index (κ3) is 3.34. The number of nitrogens with one attached hydrogen (secondary N) is 1. The van der Waals surface area contributed by atoms with E-state index in [0.29, 0.717) is 5.06 Å². The average molecular weight is 413 g/mol. The molecular formula is C14H15N5O8S. The zero-order valence-corrected chi connectivity index (χ0v) is 15.2. The summed E-state index contributed by atoms with van der Waals surface area (Å²) in [5.74, 6) is -4.04. The normalized spacial score (nSPS) is 25.0. The first-order valence-corrected chi connectivity index (χ1v) is 8.72. The highest BCUT2D eigenvalue weighted by atomic mass is 32.1. The lowest BCUT2D eigenvalue weighted by atomic mass is 10.1. The Kier molecular flexibility index (Phi) is 5.15. The van der Waals surface area contributed by atoms with Crippen LogP contribution in [0.4, 0.5) is 5.13 Å². The fourth-order valence-corrected chi connectivity index (χ4v) is 3.22. The second-order valence-corrected chi connectivity index (χ2v) is 6.60. The van der Waals surface area contributed by atoms with Gasteiger partial charge in [-0.1, -0.05) is 5.16 Å². The molecule has 2 saturated heterocycles. The number of hydrogen-bond acceptors (Lipinski definition) is 11. The van der Waals surface area contributed by atoms with Gasteiger partial charge in [0, 0.05) is 11.8 Å². The van der Waals surface area contributed by atoms with Gasteiger partial charge in [-0.25, -0.2) is 9.78 Å². The third-order valence-electron chi connectivity index (χ3n) is 3.95. The molecule has 0 aliphatic carbocycles. The van der Waals surface area contributed by atoms with Gasteiger partial charge in [-0.05, 0) is 0 Å². The van der Waals surface area contributed by atoms with Crippen molar-refractivity contribution in [1.29, 1.82) is 0 Å². The minimum atomic E-state index is -2.26. The number of carbonyl (C=O) groups excluding carboxylic acids is 3. The molecule has 3 heterocycles. The van der Waals surface area contributed by atoms with E-state index in [1.807, 2.05) is 0 Å². The number of aromatic nitrogens is 1. The number of thiazole rings is 1. The molecule has 3 rings (SSSR count). The maximum atomic E-state index is 12.6. The van der Waals surface area contributed by atoms with Crippen LogP contribution in [0.15, 0.2) is 10.5 Å². The summed E-state index contributed by atoms with van der Waals surface area (Å²) >= 11 is 1.08. The number of ether oxygens (including phenoxy) is 1. The van der Waals surface area contributed by atoms with Crippen molar-refractivity contribution in [2.75, 3.05) is 19.5 Å². The van der Waals surface area contributed by atoms with Crippen molar-refractivity contribution in [3.8, 4) is 0 Å². The number of cyclic esters (lactones) is 1. The van der Waals surface area contributed by atoms with Gasteiger partial charge >= 0.3 is 17.7 Å². The fraction of sp³-hybridized carbons (Fsp3) is 0.429. The van der Waals surface area contributed by atoms with Crippen molar-refractivity contribution in [2.24, 2.45) is 5.16 Å². The maximum absolute atomic E-state index is 12.6. The smallest absolute Gasteiger partial charge is 0.372 e. The van der Waals surface area contributed by atoms with Crippen molar-refractivity contribution >= 4 is 45.9 Å². The SMILES string of the molecule is CON=C(C(=O)N[C@H]1CON(C2(C(=O)O)CCC(=O)O2)C1=O)c1csc(N)n1.